The van der Waals surface area contributed by atoms with Gasteiger partial charge in [0.2, 0.25) is 112 Å². The summed E-state index contributed by atoms with van der Waals surface area (Å²) in [6.07, 6.45) is -4.88. The van der Waals surface area contributed by atoms with Gasteiger partial charge in [0.25, 0.3) is 0 Å². The number of aliphatic hydroxyl groups is 1. The Bertz CT molecular complexity index is 3780. The Labute approximate surface area is 728 Å². The molecular formula is C77H131N21O26S. The molecule has 0 radical (unpaired) electrons. The van der Waals surface area contributed by atoms with E-state index in [1.807, 2.05) is 0 Å². The molecule has 0 spiro atoms. The summed E-state index contributed by atoms with van der Waals surface area (Å²) in [6, 6.07) is -25.2. The van der Waals surface area contributed by atoms with Gasteiger partial charge < -0.3 is 134 Å². The number of hydrogen-bond donors (Lipinski definition) is 24. The number of unbranched alkanes of at least 4 members (excludes halogenated alkanes) is 1. The Morgan fingerprint density at radius 3 is 1.12 bits per heavy atom. The van der Waals surface area contributed by atoms with Gasteiger partial charge in [-0.3, -0.25) is 105 Å². The number of nitrogens with zero attached hydrogens (tertiary/aromatic N) is 1. The highest BCUT2D eigenvalue weighted by Crippen LogP contribution is 2.23. The van der Waals surface area contributed by atoms with E-state index >= 15 is 0 Å². The van der Waals surface area contributed by atoms with E-state index in [2.05, 4.69) is 79.8 Å². The van der Waals surface area contributed by atoms with Crippen LogP contribution in [0.3, 0.4) is 0 Å². The van der Waals surface area contributed by atoms with E-state index < -0.39 is 284 Å². The maximum absolute atomic E-state index is 14.9. The number of carbonyl (C=O) groups excluding carboxylic acids is 19. The van der Waals surface area contributed by atoms with Gasteiger partial charge in [0.15, 0.2) is 0 Å². The Hall–Kier alpha value is -11.4. The van der Waals surface area contributed by atoms with Gasteiger partial charge in [-0.1, -0.05) is 55.4 Å². The van der Waals surface area contributed by atoms with Crippen LogP contribution in [0.15, 0.2) is 0 Å². The van der Waals surface area contributed by atoms with Crippen molar-refractivity contribution in [2.24, 2.45) is 52.3 Å². The molecule has 706 valence electrons. The number of rotatable bonds is 60. The van der Waals surface area contributed by atoms with Crippen LogP contribution in [-0.4, -0.2) is 290 Å². The maximum atomic E-state index is 14.9. The third-order valence-electron chi connectivity index (χ3n) is 19.1. The third-order valence-corrected chi connectivity index (χ3v) is 19.8. The van der Waals surface area contributed by atoms with E-state index in [0.29, 0.717) is 12.2 Å². The van der Waals surface area contributed by atoms with E-state index in [1.165, 1.54) is 37.4 Å². The lowest BCUT2D eigenvalue weighted by Crippen LogP contribution is -2.62. The highest BCUT2D eigenvalue weighted by atomic mass is 32.2. The van der Waals surface area contributed by atoms with Crippen molar-refractivity contribution in [2.75, 3.05) is 31.6 Å². The molecule has 47 nitrogen and oxygen atoms in total. The molecule has 0 bridgehead atoms. The zero-order valence-electron chi connectivity index (χ0n) is 73.0. The summed E-state index contributed by atoms with van der Waals surface area (Å²) in [5, 5.41) is 74.2. The van der Waals surface area contributed by atoms with Crippen LogP contribution >= 0.6 is 11.8 Å². The topological polar surface area (TPSA) is 770 Å². The van der Waals surface area contributed by atoms with E-state index in [4.69, 9.17) is 38.9 Å². The minimum Gasteiger partial charge on any atom is -0.481 e. The number of thioether (sulfide) groups is 1. The summed E-state index contributed by atoms with van der Waals surface area (Å²) in [5.41, 5.74) is 28.2. The first-order valence-electron chi connectivity index (χ1n) is 41.2. The van der Waals surface area contributed by atoms with E-state index in [-0.39, 0.29) is 95.1 Å². The highest BCUT2D eigenvalue weighted by Gasteiger charge is 2.43. The number of carbonyl (C=O) groups is 22. The van der Waals surface area contributed by atoms with Crippen LogP contribution in [0.5, 0.6) is 0 Å². The molecule has 0 aromatic carbocycles. The third kappa shape index (κ3) is 43.2. The van der Waals surface area contributed by atoms with Crippen molar-refractivity contribution in [1.82, 2.24) is 84.7 Å². The summed E-state index contributed by atoms with van der Waals surface area (Å²) >= 11 is 1.31. The number of primary amides is 3. The zero-order chi connectivity index (χ0) is 95.6. The van der Waals surface area contributed by atoms with Crippen LogP contribution in [0, 0.1) is 23.7 Å². The summed E-state index contributed by atoms with van der Waals surface area (Å²) in [4.78, 5) is 296. The smallest absolute Gasteiger partial charge is 0.322 e. The van der Waals surface area contributed by atoms with Crippen LogP contribution in [0.2, 0.25) is 0 Å². The van der Waals surface area contributed by atoms with E-state index in [9.17, 15) is 116 Å². The van der Waals surface area contributed by atoms with Crippen LogP contribution < -0.4 is 108 Å². The first-order valence-corrected chi connectivity index (χ1v) is 42.6. The number of nitrogens with two attached hydrogens (primary N) is 5. The van der Waals surface area contributed by atoms with Gasteiger partial charge in [0, 0.05) is 19.4 Å². The molecule has 0 saturated carbocycles. The second-order valence-corrected chi connectivity index (χ2v) is 33.4. The number of hydrogen-bond acceptors (Lipinski definition) is 26. The van der Waals surface area contributed by atoms with Crippen LogP contribution in [0.4, 0.5) is 0 Å². The predicted molar refractivity (Wildman–Crippen MR) is 448 cm³/mol. The van der Waals surface area contributed by atoms with Crippen molar-refractivity contribution in [2.45, 2.75) is 295 Å². The Morgan fingerprint density at radius 2 is 0.712 bits per heavy atom. The molecule has 1 aliphatic heterocycles. The molecule has 48 heteroatoms. The lowest BCUT2D eigenvalue weighted by atomic mass is 10.00. The molecule has 17 atom stereocenters. The number of likely N-dealkylation sites (tertiary alicyclic amines) is 1. The van der Waals surface area contributed by atoms with Crippen molar-refractivity contribution >= 4 is 142 Å². The van der Waals surface area contributed by atoms with Crippen molar-refractivity contribution in [3.05, 3.63) is 0 Å². The Kier molecular flexibility index (Phi) is 50.4. The van der Waals surface area contributed by atoms with Gasteiger partial charge in [-0.15, -0.1) is 0 Å². The van der Waals surface area contributed by atoms with Crippen molar-refractivity contribution in [1.29, 1.82) is 0 Å². The van der Waals surface area contributed by atoms with E-state index in [1.54, 1.807) is 61.6 Å². The van der Waals surface area contributed by atoms with E-state index in [0.717, 1.165) is 6.92 Å². The fraction of sp³-hybridized carbons (Fsp3) is 0.714. The standard InChI is InChI=1S/C77H131N21O26S/c1-35(2)27-47(90-64(111)40(10)84-65(112)43(79)19-21-58(103)104)69(116)86-41(11)63(110)87-45(20-22-59(105)106)68(115)93-50(31-55(80)100)72(119)95-51(32-56(81)101)71(118)92-48(28-36(3)4)70(117)94-52(33-57(82)102)73(120)96-53(30-38(7)8)77(124)98-25-16-18-54(98)75(122)88-44(17-14-15-24-78)67(114)91-49(29-37(5)6)74(121)97-61(42(12)99)76(123)89-46(23-26-125-13)66(113)85-39(9)62(109)83-34-60(107)108/h35-54,61,99H,14-34,78-79H2,1-13H3,(H2,80,100)(H2,81,101)(H2,82,102)(H,83,109)(H,84,112)(H,85,113)(H,86,116)(H,87,110)(H,88,122)(H,89,123)(H,90,111)(H,91,114)(H,92,118)(H,93,115)(H,94,117)(H,95,119)(H,96,120)(H,97,121)(H,103,104)(H,105,106)(H,107,108)/t39-,40-,41-,42+,43-,44-,45-,46-,47-,48-,49-,50-,51-,52-,53-,54-,61-/m0/s1. The molecule has 19 amide bonds. The van der Waals surface area contributed by atoms with Gasteiger partial charge in [-0.05, 0) is 147 Å². The molecular weight excluding hydrogens is 1670 g/mol. The lowest BCUT2D eigenvalue weighted by Gasteiger charge is -2.32. The minimum atomic E-state index is -2.09. The first-order chi connectivity index (χ1) is 58.2. The lowest BCUT2D eigenvalue weighted by molar-refractivity contribution is -0.143. The number of aliphatic carboxylic acids is 3. The Balaban J connectivity index is 3.61. The van der Waals surface area contributed by atoms with Crippen molar-refractivity contribution < 1.29 is 126 Å². The average Bonchev–Trinajstić information content (AvgIpc) is 1.73. The summed E-state index contributed by atoms with van der Waals surface area (Å²) in [6.45, 7) is 17.6. The van der Waals surface area contributed by atoms with Gasteiger partial charge in [-0.25, -0.2) is 0 Å². The monoisotopic (exact) mass is 1800 g/mol. The molecule has 0 aromatic heterocycles. The van der Waals surface area contributed by atoms with Crippen molar-refractivity contribution in [3.8, 4) is 0 Å². The molecule has 125 heavy (non-hydrogen) atoms. The number of carboxylic acids is 3. The highest BCUT2D eigenvalue weighted by molar-refractivity contribution is 7.98. The SMILES string of the molecule is CSCC[C@H](NC(=O)[C@@H](NC(=O)[C@H](CC(C)C)NC(=O)[C@H](CCCCN)NC(=O)[C@@H]1CCCN1C(=O)[C@H](CC(C)C)NC(=O)[C@H](CC(N)=O)NC(=O)[C@H](CC(C)C)NC(=O)[C@H](CC(N)=O)NC(=O)[C@H](CC(N)=O)NC(=O)[C@H](CCC(=O)O)NC(=O)[C@H](C)NC(=O)[C@H](CC(C)C)NC(=O)[C@H](C)NC(=O)[C@@H](N)CCC(=O)O)[C@@H](C)O)C(=O)N[C@@H](C)C(=O)NCC(=O)O. The normalized spacial score (nSPS) is 16.3. The molecule has 29 N–H and O–H groups in total. The van der Waals surface area contributed by atoms with Crippen molar-refractivity contribution in [3.63, 3.8) is 0 Å². The number of amides is 19. The molecule has 1 rings (SSSR count). The average molecular weight is 1800 g/mol. The number of carboxylic acid groups (broad SMARTS) is 3. The number of nitrogens with one attached hydrogen (secondary N) is 15. The van der Waals surface area contributed by atoms with Gasteiger partial charge in [0.1, 0.15) is 97.2 Å². The molecule has 0 unspecified atom stereocenters. The van der Waals surface area contributed by atoms with Crippen LogP contribution in [0.25, 0.3) is 0 Å². The molecule has 1 fully saturated rings. The largest absolute Gasteiger partial charge is 0.481 e. The summed E-state index contributed by atoms with van der Waals surface area (Å²) in [5.74, 6) is -25.4. The summed E-state index contributed by atoms with van der Waals surface area (Å²) < 4.78 is 0. The maximum Gasteiger partial charge on any atom is 0.322 e. The minimum absolute atomic E-state index is 0.00201. The molecule has 1 aliphatic rings. The van der Waals surface area contributed by atoms with Gasteiger partial charge >= 0.3 is 17.9 Å². The second kappa shape index (κ2) is 56.4. The van der Waals surface area contributed by atoms with Gasteiger partial charge in [-0.2, -0.15) is 11.8 Å². The van der Waals surface area contributed by atoms with Crippen LogP contribution in [0.1, 0.15) is 192 Å². The first kappa shape index (κ1) is 112. The number of aliphatic hydroxyl groups excluding tert-OH is 1. The Morgan fingerprint density at radius 1 is 0.376 bits per heavy atom. The molecule has 1 heterocycles. The zero-order valence-corrected chi connectivity index (χ0v) is 73.8. The van der Waals surface area contributed by atoms with Crippen LogP contribution in [-0.2, 0) is 105 Å². The molecule has 0 aliphatic carbocycles. The molecule has 1 saturated heterocycles. The fourth-order valence-electron chi connectivity index (χ4n) is 12.6. The molecule has 0 aromatic rings. The second-order valence-electron chi connectivity index (χ2n) is 32.4. The predicted octanol–water partition coefficient (Wildman–Crippen LogP) is -7.84. The quantitative estimate of drug-likeness (QED) is 0.0252. The summed E-state index contributed by atoms with van der Waals surface area (Å²) in [7, 11) is 0. The van der Waals surface area contributed by atoms with Gasteiger partial charge in [0.05, 0.1) is 31.4 Å². The fourth-order valence-corrected chi connectivity index (χ4v) is 13.1.